The van der Waals surface area contributed by atoms with E-state index < -0.39 is 11.4 Å². The molecule has 1 aliphatic rings. The average molecular weight is 244 g/mol. The molecule has 1 saturated carbocycles. The van der Waals surface area contributed by atoms with Gasteiger partial charge in [0.1, 0.15) is 0 Å². The van der Waals surface area contributed by atoms with Crippen LogP contribution in [0.3, 0.4) is 0 Å². The molecular formula is C15H16O3. The van der Waals surface area contributed by atoms with E-state index in [-0.39, 0.29) is 5.78 Å². The van der Waals surface area contributed by atoms with E-state index in [0.717, 1.165) is 6.42 Å². The fourth-order valence-corrected chi connectivity index (χ4v) is 2.58. The fraction of sp³-hybridized carbons (Fsp3) is 0.333. The lowest BCUT2D eigenvalue weighted by Gasteiger charge is -2.25. The fourth-order valence-electron chi connectivity index (χ4n) is 2.58. The molecule has 0 spiro atoms. The van der Waals surface area contributed by atoms with Gasteiger partial charge in [-0.1, -0.05) is 42.5 Å². The van der Waals surface area contributed by atoms with E-state index in [0.29, 0.717) is 24.0 Å². The number of benzene rings is 1. The Balaban J connectivity index is 2.46. The van der Waals surface area contributed by atoms with Crippen molar-refractivity contribution in [1.29, 1.82) is 0 Å². The molecule has 18 heavy (non-hydrogen) atoms. The maximum absolute atomic E-state index is 12.6. The van der Waals surface area contributed by atoms with Crippen molar-refractivity contribution in [3.63, 3.8) is 0 Å². The standard InChI is InChI=1S/C15H16O3/c1-11-7-6-10-15(11,14(17)18-2)13(16)12-8-4-3-5-9-12/h3-5,8-9H,1,6-7,10H2,2H3. The van der Waals surface area contributed by atoms with E-state index in [4.69, 9.17) is 4.74 Å². The predicted molar refractivity (Wildman–Crippen MR) is 68.2 cm³/mol. The summed E-state index contributed by atoms with van der Waals surface area (Å²) in [5.74, 6) is -0.684. The smallest absolute Gasteiger partial charge is 0.323 e. The molecular weight excluding hydrogens is 228 g/mol. The van der Waals surface area contributed by atoms with Crippen molar-refractivity contribution in [1.82, 2.24) is 0 Å². The number of carbonyl (C=O) groups excluding carboxylic acids is 2. The van der Waals surface area contributed by atoms with E-state index >= 15 is 0 Å². The van der Waals surface area contributed by atoms with E-state index in [9.17, 15) is 9.59 Å². The van der Waals surface area contributed by atoms with Crippen LogP contribution in [0.25, 0.3) is 0 Å². The molecule has 1 fully saturated rings. The monoisotopic (exact) mass is 244 g/mol. The Morgan fingerprint density at radius 3 is 2.44 bits per heavy atom. The maximum atomic E-state index is 12.6. The average Bonchev–Trinajstić information content (AvgIpc) is 2.81. The molecule has 0 amide bonds. The highest BCUT2D eigenvalue weighted by atomic mass is 16.5. The van der Waals surface area contributed by atoms with Crippen LogP contribution in [0.5, 0.6) is 0 Å². The molecule has 3 heteroatoms. The molecule has 0 saturated heterocycles. The number of esters is 1. The van der Waals surface area contributed by atoms with Gasteiger partial charge in [0.05, 0.1) is 7.11 Å². The van der Waals surface area contributed by atoms with E-state index in [1.165, 1.54) is 7.11 Å². The van der Waals surface area contributed by atoms with Crippen molar-refractivity contribution < 1.29 is 14.3 Å². The highest BCUT2D eigenvalue weighted by Gasteiger charge is 2.51. The molecule has 0 radical (unpaired) electrons. The van der Waals surface area contributed by atoms with Crippen LogP contribution >= 0.6 is 0 Å². The number of rotatable bonds is 3. The SMILES string of the molecule is C=C1CCCC1(C(=O)OC)C(=O)c1ccccc1. The summed E-state index contributed by atoms with van der Waals surface area (Å²) < 4.78 is 4.83. The van der Waals surface area contributed by atoms with Crippen LogP contribution in [-0.4, -0.2) is 18.9 Å². The lowest BCUT2D eigenvalue weighted by molar-refractivity contribution is -0.147. The highest BCUT2D eigenvalue weighted by molar-refractivity contribution is 6.15. The van der Waals surface area contributed by atoms with Crippen LogP contribution in [0.15, 0.2) is 42.5 Å². The molecule has 0 aromatic heterocycles. The maximum Gasteiger partial charge on any atom is 0.323 e. The van der Waals surface area contributed by atoms with Gasteiger partial charge in [-0.3, -0.25) is 9.59 Å². The van der Waals surface area contributed by atoms with Gasteiger partial charge in [0.25, 0.3) is 0 Å². The zero-order valence-electron chi connectivity index (χ0n) is 10.4. The summed E-state index contributed by atoms with van der Waals surface area (Å²) in [6.45, 7) is 3.90. The third-order valence-corrected chi connectivity index (χ3v) is 3.59. The third kappa shape index (κ3) is 1.76. The van der Waals surface area contributed by atoms with Gasteiger partial charge in [-0.2, -0.15) is 0 Å². The molecule has 1 aromatic carbocycles. The van der Waals surface area contributed by atoms with Crippen LogP contribution in [0.1, 0.15) is 29.6 Å². The first-order valence-corrected chi connectivity index (χ1v) is 5.99. The molecule has 1 aliphatic carbocycles. The lowest BCUT2D eigenvalue weighted by atomic mass is 9.76. The summed E-state index contributed by atoms with van der Waals surface area (Å²) in [6.07, 6.45) is 1.99. The van der Waals surface area contributed by atoms with Gasteiger partial charge in [-0.05, 0) is 19.3 Å². The number of hydrogen-bond acceptors (Lipinski definition) is 3. The highest BCUT2D eigenvalue weighted by Crippen LogP contribution is 2.45. The Morgan fingerprint density at radius 1 is 1.28 bits per heavy atom. The Hall–Kier alpha value is -1.90. The predicted octanol–water partition coefficient (Wildman–Crippen LogP) is 2.77. The zero-order chi connectivity index (χ0) is 13.2. The Bertz CT molecular complexity index is 490. The summed E-state index contributed by atoms with van der Waals surface area (Å²) in [6, 6.07) is 8.86. The third-order valence-electron chi connectivity index (χ3n) is 3.59. The van der Waals surface area contributed by atoms with Crippen molar-refractivity contribution in [2.45, 2.75) is 19.3 Å². The molecule has 0 bridgehead atoms. The van der Waals surface area contributed by atoms with E-state index in [2.05, 4.69) is 6.58 Å². The number of hydrogen-bond donors (Lipinski definition) is 0. The van der Waals surface area contributed by atoms with Crippen LogP contribution in [0.2, 0.25) is 0 Å². The first-order chi connectivity index (χ1) is 8.63. The van der Waals surface area contributed by atoms with E-state index in [1.807, 2.05) is 6.07 Å². The summed E-state index contributed by atoms with van der Waals surface area (Å²) in [4.78, 5) is 24.7. The van der Waals surface area contributed by atoms with Crippen LogP contribution < -0.4 is 0 Å². The summed E-state index contributed by atoms with van der Waals surface area (Å²) in [5, 5.41) is 0. The quantitative estimate of drug-likeness (QED) is 0.355. The minimum Gasteiger partial charge on any atom is -0.468 e. The number of ether oxygens (including phenoxy) is 1. The second kappa shape index (κ2) is 4.77. The molecule has 3 nitrogen and oxygen atoms in total. The number of Topliss-reactive ketones (excluding diaryl/α,β-unsaturated/α-hetero) is 1. The summed E-state index contributed by atoms with van der Waals surface area (Å²) in [5.41, 5.74) is 0.0324. The molecule has 1 aromatic rings. The normalized spacial score (nSPS) is 22.8. The molecule has 0 aliphatic heterocycles. The van der Waals surface area contributed by atoms with Crippen molar-refractivity contribution in [3.8, 4) is 0 Å². The van der Waals surface area contributed by atoms with Gasteiger partial charge in [0.15, 0.2) is 11.2 Å². The number of carbonyl (C=O) groups is 2. The number of methoxy groups -OCH3 is 1. The van der Waals surface area contributed by atoms with Gasteiger partial charge in [-0.25, -0.2) is 0 Å². The Labute approximate surface area is 106 Å². The number of ketones is 1. The first kappa shape index (κ1) is 12.6. The minimum atomic E-state index is -1.17. The molecule has 2 rings (SSSR count). The van der Waals surface area contributed by atoms with Crippen molar-refractivity contribution in [3.05, 3.63) is 48.0 Å². The van der Waals surface area contributed by atoms with Crippen molar-refractivity contribution >= 4 is 11.8 Å². The van der Waals surface area contributed by atoms with Crippen LogP contribution in [-0.2, 0) is 9.53 Å². The van der Waals surface area contributed by atoms with Crippen molar-refractivity contribution in [2.75, 3.05) is 7.11 Å². The second-order valence-corrected chi connectivity index (χ2v) is 4.55. The van der Waals surface area contributed by atoms with Crippen molar-refractivity contribution in [2.24, 2.45) is 5.41 Å². The Kier molecular flexibility index (Phi) is 3.32. The van der Waals surface area contributed by atoms with Crippen LogP contribution in [0, 0.1) is 5.41 Å². The largest absolute Gasteiger partial charge is 0.468 e. The first-order valence-electron chi connectivity index (χ1n) is 5.99. The van der Waals surface area contributed by atoms with E-state index in [1.54, 1.807) is 24.3 Å². The van der Waals surface area contributed by atoms with Gasteiger partial charge in [0.2, 0.25) is 0 Å². The summed E-state index contributed by atoms with van der Waals surface area (Å²) >= 11 is 0. The Morgan fingerprint density at radius 2 is 1.94 bits per heavy atom. The molecule has 94 valence electrons. The van der Waals surface area contributed by atoms with Crippen LogP contribution in [0.4, 0.5) is 0 Å². The zero-order valence-corrected chi connectivity index (χ0v) is 10.4. The molecule has 1 unspecified atom stereocenters. The van der Waals surface area contributed by atoms with Gasteiger partial charge in [-0.15, -0.1) is 0 Å². The topological polar surface area (TPSA) is 43.4 Å². The van der Waals surface area contributed by atoms with Gasteiger partial charge < -0.3 is 4.74 Å². The molecule has 0 heterocycles. The minimum absolute atomic E-state index is 0.197. The lowest BCUT2D eigenvalue weighted by Crippen LogP contribution is -2.39. The van der Waals surface area contributed by atoms with Gasteiger partial charge in [0, 0.05) is 5.56 Å². The second-order valence-electron chi connectivity index (χ2n) is 4.55. The molecule has 0 N–H and O–H groups in total. The summed E-state index contributed by atoms with van der Waals surface area (Å²) in [7, 11) is 1.31. The van der Waals surface area contributed by atoms with Gasteiger partial charge >= 0.3 is 5.97 Å². The molecule has 1 atom stereocenters.